The zero-order valence-electron chi connectivity index (χ0n) is 20.1. The van der Waals surface area contributed by atoms with Gasteiger partial charge < -0.3 is 0 Å². The normalized spacial score (nSPS) is 11.6. The zero-order valence-corrected chi connectivity index (χ0v) is 20.1. The van der Waals surface area contributed by atoms with Gasteiger partial charge in [0.25, 0.3) is 0 Å². The fourth-order valence-corrected chi connectivity index (χ4v) is 3.57. The van der Waals surface area contributed by atoms with E-state index in [1.54, 1.807) is 13.8 Å². The third-order valence-electron chi connectivity index (χ3n) is 5.68. The smallest absolute Gasteiger partial charge is 0.262 e. The van der Waals surface area contributed by atoms with E-state index in [9.17, 15) is 9.59 Å². The molecule has 0 saturated carbocycles. The van der Waals surface area contributed by atoms with E-state index >= 15 is 0 Å². The maximum Gasteiger partial charge on any atom is 0.331 e. The van der Waals surface area contributed by atoms with Gasteiger partial charge in [-0.2, -0.15) is 10.2 Å². The molecule has 0 aliphatic carbocycles. The van der Waals surface area contributed by atoms with Crippen molar-refractivity contribution in [3.63, 3.8) is 0 Å². The third-order valence-corrected chi connectivity index (χ3v) is 5.68. The summed E-state index contributed by atoms with van der Waals surface area (Å²) in [6.07, 6.45) is 0. The molecule has 0 fully saturated rings. The Labute approximate surface area is 210 Å². The second kappa shape index (κ2) is 11.5. The highest BCUT2D eigenvalue weighted by Crippen LogP contribution is 2.20. The molecule has 0 radical (unpaired) electrons. The first-order chi connectivity index (χ1) is 17.5. The molecule has 0 aromatic heterocycles. The molecule has 36 heavy (non-hydrogen) atoms. The van der Waals surface area contributed by atoms with Crippen molar-refractivity contribution in [2.24, 2.45) is 10.2 Å². The second-order valence-corrected chi connectivity index (χ2v) is 8.16. The fraction of sp³-hybridized carbons (Fsp3) is 0.0667. The van der Waals surface area contributed by atoms with Gasteiger partial charge in [0.15, 0.2) is 0 Å². The molecule has 0 aliphatic heterocycles. The third kappa shape index (κ3) is 6.18. The Balaban J connectivity index is 1.32. The summed E-state index contributed by atoms with van der Waals surface area (Å²) in [5.74, 6) is -1.79. The number of carbonyl (C=O) groups excluding carboxylic acids is 2. The Bertz CT molecular complexity index is 1280. The topological polar surface area (TPSA) is 82.9 Å². The van der Waals surface area contributed by atoms with Crippen molar-refractivity contribution in [1.29, 1.82) is 0 Å². The average Bonchev–Trinajstić information content (AvgIpc) is 2.95. The van der Waals surface area contributed by atoms with Crippen molar-refractivity contribution in [3.05, 3.63) is 120 Å². The van der Waals surface area contributed by atoms with Crippen molar-refractivity contribution in [3.8, 4) is 22.3 Å². The van der Waals surface area contributed by atoms with E-state index in [2.05, 4.69) is 21.1 Å². The SMILES string of the molecule is C/C(=N\NC(=O)C(=O)N/N=C(\C)c1ccc(-c2ccccc2)cc1)c1ccc(-c2ccccc2)cc1. The first-order valence-electron chi connectivity index (χ1n) is 11.5. The van der Waals surface area contributed by atoms with Gasteiger partial charge in [0.2, 0.25) is 0 Å². The van der Waals surface area contributed by atoms with Gasteiger partial charge in [-0.25, -0.2) is 10.9 Å². The number of nitrogens with one attached hydrogen (secondary N) is 2. The summed E-state index contributed by atoms with van der Waals surface area (Å²) in [6.45, 7) is 3.52. The summed E-state index contributed by atoms with van der Waals surface area (Å²) in [5, 5.41) is 8.10. The molecule has 0 unspecified atom stereocenters. The van der Waals surface area contributed by atoms with Crippen LogP contribution in [0.1, 0.15) is 25.0 Å². The molecular formula is C30H26N4O2. The monoisotopic (exact) mass is 474 g/mol. The van der Waals surface area contributed by atoms with Crippen LogP contribution in [0.2, 0.25) is 0 Å². The number of carbonyl (C=O) groups is 2. The van der Waals surface area contributed by atoms with E-state index in [1.165, 1.54) is 0 Å². The van der Waals surface area contributed by atoms with Crippen LogP contribution in [-0.4, -0.2) is 23.2 Å². The van der Waals surface area contributed by atoms with Crippen LogP contribution < -0.4 is 10.9 Å². The quantitative estimate of drug-likeness (QED) is 0.223. The van der Waals surface area contributed by atoms with Crippen LogP contribution in [0.15, 0.2) is 119 Å². The lowest BCUT2D eigenvalue weighted by molar-refractivity contribution is -0.139. The number of rotatable bonds is 6. The van der Waals surface area contributed by atoms with Crippen molar-refractivity contribution in [2.75, 3.05) is 0 Å². The van der Waals surface area contributed by atoms with Gasteiger partial charge in [-0.05, 0) is 47.2 Å². The van der Waals surface area contributed by atoms with Crippen LogP contribution in [0.3, 0.4) is 0 Å². The van der Waals surface area contributed by atoms with Crippen LogP contribution in [-0.2, 0) is 9.59 Å². The highest BCUT2D eigenvalue weighted by molar-refractivity contribution is 6.35. The van der Waals surface area contributed by atoms with Crippen LogP contribution in [0.5, 0.6) is 0 Å². The lowest BCUT2D eigenvalue weighted by atomic mass is 10.0. The second-order valence-electron chi connectivity index (χ2n) is 8.16. The van der Waals surface area contributed by atoms with E-state index in [0.717, 1.165) is 33.4 Å². The molecule has 0 heterocycles. The minimum absolute atomic E-state index is 0.578. The zero-order chi connectivity index (χ0) is 25.3. The number of nitrogens with zero attached hydrogens (tertiary/aromatic N) is 2. The molecule has 0 saturated heterocycles. The van der Waals surface area contributed by atoms with E-state index < -0.39 is 11.8 Å². The summed E-state index contributed by atoms with van der Waals surface area (Å²) < 4.78 is 0. The average molecular weight is 475 g/mol. The van der Waals surface area contributed by atoms with Crippen molar-refractivity contribution >= 4 is 23.2 Å². The van der Waals surface area contributed by atoms with Crippen molar-refractivity contribution < 1.29 is 9.59 Å². The van der Waals surface area contributed by atoms with E-state index in [-0.39, 0.29) is 0 Å². The number of hydrogen-bond donors (Lipinski definition) is 2. The van der Waals surface area contributed by atoms with Crippen molar-refractivity contribution in [1.82, 2.24) is 10.9 Å². The van der Waals surface area contributed by atoms with Gasteiger partial charge in [0.1, 0.15) is 0 Å². The first kappa shape index (κ1) is 24.3. The molecule has 4 aromatic carbocycles. The maximum atomic E-state index is 12.2. The predicted octanol–water partition coefficient (Wildman–Crippen LogP) is 5.40. The van der Waals surface area contributed by atoms with Gasteiger partial charge in [-0.15, -0.1) is 0 Å². The summed E-state index contributed by atoms with van der Waals surface area (Å²) in [5.41, 5.74) is 11.8. The van der Waals surface area contributed by atoms with Crippen LogP contribution >= 0.6 is 0 Å². The van der Waals surface area contributed by atoms with Crippen LogP contribution in [0.4, 0.5) is 0 Å². The Morgan fingerprint density at radius 2 is 0.778 bits per heavy atom. The minimum atomic E-state index is -0.897. The molecule has 0 aliphatic rings. The fourth-order valence-electron chi connectivity index (χ4n) is 3.57. The lowest BCUT2D eigenvalue weighted by Crippen LogP contribution is -2.36. The van der Waals surface area contributed by atoms with E-state index in [0.29, 0.717) is 11.4 Å². The standard InChI is InChI=1S/C30H26N4O2/c1-21(23-13-17-27(18-14-23)25-9-5-3-6-10-25)31-33-29(35)30(36)34-32-22(2)24-15-19-28(20-16-24)26-11-7-4-8-12-26/h3-20H,1-2H3,(H,33,35)(H,34,36)/b31-21+,32-22+. The van der Waals surface area contributed by atoms with E-state index in [4.69, 9.17) is 0 Å². The van der Waals surface area contributed by atoms with Crippen molar-refractivity contribution in [2.45, 2.75) is 13.8 Å². The lowest BCUT2D eigenvalue weighted by Gasteiger charge is -2.06. The molecule has 178 valence electrons. The molecule has 4 aromatic rings. The van der Waals surface area contributed by atoms with Gasteiger partial charge in [-0.3, -0.25) is 9.59 Å². The summed E-state index contributed by atoms with van der Waals surface area (Å²) in [4.78, 5) is 24.3. The molecule has 6 nitrogen and oxygen atoms in total. The molecule has 2 N–H and O–H groups in total. The summed E-state index contributed by atoms with van der Waals surface area (Å²) >= 11 is 0. The highest BCUT2D eigenvalue weighted by Gasteiger charge is 2.13. The Hall–Kier alpha value is -4.84. The molecular weight excluding hydrogens is 448 g/mol. The van der Waals surface area contributed by atoms with Gasteiger partial charge >= 0.3 is 11.8 Å². The van der Waals surface area contributed by atoms with Gasteiger partial charge in [0.05, 0.1) is 11.4 Å². The molecule has 0 spiro atoms. The van der Waals surface area contributed by atoms with E-state index in [1.807, 2.05) is 109 Å². The Morgan fingerprint density at radius 3 is 1.11 bits per heavy atom. The Morgan fingerprint density at radius 1 is 0.472 bits per heavy atom. The molecule has 0 bridgehead atoms. The number of hydrogen-bond acceptors (Lipinski definition) is 4. The molecule has 4 rings (SSSR count). The highest BCUT2D eigenvalue weighted by atomic mass is 16.2. The largest absolute Gasteiger partial charge is 0.331 e. The number of benzene rings is 4. The number of amides is 2. The minimum Gasteiger partial charge on any atom is -0.262 e. The van der Waals surface area contributed by atoms with Crippen LogP contribution in [0.25, 0.3) is 22.3 Å². The molecule has 2 amide bonds. The molecule has 0 atom stereocenters. The number of hydrazone groups is 2. The predicted molar refractivity (Wildman–Crippen MR) is 144 cm³/mol. The van der Waals surface area contributed by atoms with Gasteiger partial charge in [0, 0.05) is 0 Å². The molecule has 6 heteroatoms. The Kier molecular flexibility index (Phi) is 7.78. The van der Waals surface area contributed by atoms with Gasteiger partial charge in [-0.1, -0.05) is 109 Å². The van der Waals surface area contributed by atoms with Crippen LogP contribution in [0, 0.1) is 0 Å². The maximum absolute atomic E-state index is 12.2. The summed E-state index contributed by atoms with van der Waals surface area (Å²) in [7, 11) is 0. The first-order valence-corrected chi connectivity index (χ1v) is 11.5. The summed E-state index contributed by atoms with van der Waals surface area (Å²) in [6, 6.07) is 35.7.